The largest absolute Gasteiger partial charge is 0.383 e. The van der Waals surface area contributed by atoms with E-state index in [1.807, 2.05) is 32.3 Å². The van der Waals surface area contributed by atoms with Crippen LogP contribution in [0.4, 0.5) is 5.82 Å². The molecule has 0 radical (unpaired) electrons. The summed E-state index contributed by atoms with van der Waals surface area (Å²) in [5.41, 5.74) is 13.7. The first kappa shape index (κ1) is 14.3. The molecule has 0 fully saturated rings. The van der Waals surface area contributed by atoms with Crippen LogP contribution in [0.2, 0.25) is 0 Å². The van der Waals surface area contributed by atoms with Gasteiger partial charge in [-0.15, -0.1) is 0 Å². The summed E-state index contributed by atoms with van der Waals surface area (Å²) in [6.07, 6.45) is 0. The molecule has 0 saturated carbocycles. The molecule has 20 heavy (non-hydrogen) atoms. The number of carbonyl (C=O) groups is 1. The molecular weight excluding hydrogens is 254 g/mol. The van der Waals surface area contributed by atoms with Crippen molar-refractivity contribution in [2.24, 2.45) is 11.1 Å². The van der Waals surface area contributed by atoms with Gasteiger partial charge in [-0.25, -0.2) is 9.97 Å². The lowest BCUT2D eigenvalue weighted by molar-refractivity contribution is -0.126. The molecule has 0 unspecified atom stereocenters. The molecule has 0 saturated heterocycles. The molecule has 6 heteroatoms. The SMILES string of the molecule is Cc1nc(N)c2c(C)c(C)n(CC(C)(C)C(N)=O)c2n1. The summed E-state index contributed by atoms with van der Waals surface area (Å²) in [6, 6.07) is 0. The minimum absolute atomic E-state index is 0.338. The number of primary amides is 1. The van der Waals surface area contributed by atoms with Crippen LogP contribution < -0.4 is 11.5 Å². The molecule has 0 aliphatic rings. The van der Waals surface area contributed by atoms with Gasteiger partial charge in [0.05, 0.1) is 10.8 Å². The third-order valence-corrected chi connectivity index (χ3v) is 3.83. The molecular formula is C14H21N5O. The van der Waals surface area contributed by atoms with Gasteiger partial charge in [-0.05, 0) is 40.2 Å². The predicted molar refractivity (Wildman–Crippen MR) is 79.1 cm³/mol. The lowest BCUT2D eigenvalue weighted by Gasteiger charge is -2.22. The summed E-state index contributed by atoms with van der Waals surface area (Å²) in [4.78, 5) is 20.3. The van der Waals surface area contributed by atoms with Crippen LogP contribution in [0.25, 0.3) is 11.0 Å². The number of fused-ring (bicyclic) bond motifs is 1. The minimum atomic E-state index is -0.656. The van der Waals surface area contributed by atoms with Crippen LogP contribution in [0.3, 0.4) is 0 Å². The van der Waals surface area contributed by atoms with Crippen LogP contribution in [0.15, 0.2) is 0 Å². The molecule has 2 aromatic rings. The van der Waals surface area contributed by atoms with Crippen molar-refractivity contribution < 1.29 is 4.79 Å². The zero-order valence-corrected chi connectivity index (χ0v) is 12.6. The summed E-state index contributed by atoms with van der Waals surface area (Å²) in [5.74, 6) is 0.754. The Morgan fingerprint density at radius 3 is 2.40 bits per heavy atom. The van der Waals surface area contributed by atoms with Gasteiger partial charge in [0.2, 0.25) is 5.91 Å². The van der Waals surface area contributed by atoms with Crippen molar-refractivity contribution in [2.75, 3.05) is 5.73 Å². The Hall–Kier alpha value is -2.11. The highest BCUT2D eigenvalue weighted by molar-refractivity contribution is 5.91. The van der Waals surface area contributed by atoms with Gasteiger partial charge in [-0.1, -0.05) is 0 Å². The average Bonchev–Trinajstić information content (AvgIpc) is 2.54. The Morgan fingerprint density at radius 2 is 1.85 bits per heavy atom. The second-order valence-electron chi connectivity index (χ2n) is 5.90. The smallest absolute Gasteiger partial charge is 0.224 e. The maximum absolute atomic E-state index is 11.6. The van der Waals surface area contributed by atoms with E-state index in [4.69, 9.17) is 11.5 Å². The molecule has 0 atom stereocenters. The average molecular weight is 275 g/mol. The third kappa shape index (κ3) is 2.11. The van der Waals surface area contributed by atoms with E-state index in [0.717, 1.165) is 22.3 Å². The van der Waals surface area contributed by atoms with Crippen molar-refractivity contribution >= 4 is 22.8 Å². The first-order valence-electron chi connectivity index (χ1n) is 6.54. The van der Waals surface area contributed by atoms with Gasteiger partial charge in [-0.3, -0.25) is 4.79 Å². The monoisotopic (exact) mass is 275 g/mol. The van der Waals surface area contributed by atoms with Crippen molar-refractivity contribution in [1.82, 2.24) is 14.5 Å². The van der Waals surface area contributed by atoms with Crippen molar-refractivity contribution in [3.63, 3.8) is 0 Å². The van der Waals surface area contributed by atoms with E-state index in [0.29, 0.717) is 18.2 Å². The number of anilines is 1. The van der Waals surface area contributed by atoms with E-state index in [9.17, 15) is 4.79 Å². The fraction of sp³-hybridized carbons (Fsp3) is 0.500. The van der Waals surface area contributed by atoms with Crippen LogP contribution in [-0.2, 0) is 11.3 Å². The van der Waals surface area contributed by atoms with Gasteiger partial charge < -0.3 is 16.0 Å². The van der Waals surface area contributed by atoms with Crippen molar-refractivity contribution in [3.8, 4) is 0 Å². The predicted octanol–water partition coefficient (Wildman–Crippen LogP) is 1.45. The van der Waals surface area contributed by atoms with E-state index in [1.165, 1.54) is 0 Å². The highest BCUT2D eigenvalue weighted by Gasteiger charge is 2.28. The van der Waals surface area contributed by atoms with Crippen molar-refractivity contribution in [2.45, 2.75) is 41.2 Å². The summed E-state index contributed by atoms with van der Waals surface area (Å²) in [5, 5.41) is 0.855. The summed E-state index contributed by atoms with van der Waals surface area (Å²) in [7, 11) is 0. The lowest BCUT2D eigenvalue weighted by Crippen LogP contribution is -2.35. The second kappa shape index (κ2) is 4.47. The quantitative estimate of drug-likeness (QED) is 0.885. The Kier molecular flexibility index (Phi) is 3.20. The Bertz CT molecular complexity index is 699. The van der Waals surface area contributed by atoms with Crippen LogP contribution in [0, 0.1) is 26.2 Å². The first-order valence-corrected chi connectivity index (χ1v) is 6.54. The molecule has 0 aliphatic carbocycles. The van der Waals surface area contributed by atoms with E-state index in [-0.39, 0.29) is 5.91 Å². The number of hydrogen-bond donors (Lipinski definition) is 2. The summed E-state index contributed by atoms with van der Waals surface area (Å²) >= 11 is 0. The molecule has 0 spiro atoms. The normalized spacial score (nSPS) is 12.1. The van der Waals surface area contributed by atoms with Gasteiger partial charge in [0, 0.05) is 12.2 Å². The van der Waals surface area contributed by atoms with Crippen LogP contribution in [-0.4, -0.2) is 20.4 Å². The fourth-order valence-corrected chi connectivity index (χ4v) is 2.34. The summed E-state index contributed by atoms with van der Waals surface area (Å²) < 4.78 is 2.00. The zero-order valence-electron chi connectivity index (χ0n) is 12.6. The number of rotatable bonds is 3. The number of amides is 1. The molecule has 2 aromatic heterocycles. The number of nitrogen functional groups attached to an aromatic ring is 1. The lowest BCUT2D eigenvalue weighted by atomic mass is 9.92. The molecule has 0 bridgehead atoms. The molecule has 2 rings (SSSR count). The van der Waals surface area contributed by atoms with Crippen LogP contribution >= 0.6 is 0 Å². The van der Waals surface area contributed by atoms with Gasteiger partial charge in [0.25, 0.3) is 0 Å². The van der Waals surface area contributed by atoms with E-state index in [1.54, 1.807) is 6.92 Å². The third-order valence-electron chi connectivity index (χ3n) is 3.83. The number of nitrogens with zero attached hydrogens (tertiary/aromatic N) is 3. The maximum Gasteiger partial charge on any atom is 0.224 e. The number of carbonyl (C=O) groups excluding carboxylic acids is 1. The highest BCUT2D eigenvalue weighted by atomic mass is 16.1. The van der Waals surface area contributed by atoms with Gasteiger partial charge in [0.15, 0.2) is 0 Å². The summed E-state index contributed by atoms with van der Waals surface area (Å²) in [6.45, 7) is 9.90. The Morgan fingerprint density at radius 1 is 1.25 bits per heavy atom. The van der Waals surface area contributed by atoms with E-state index >= 15 is 0 Å². The van der Waals surface area contributed by atoms with Crippen LogP contribution in [0.5, 0.6) is 0 Å². The molecule has 6 nitrogen and oxygen atoms in total. The Labute approximate surface area is 118 Å². The topological polar surface area (TPSA) is 99.8 Å². The standard InChI is InChI=1S/C14H21N5O/c1-7-8(2)19(6-14(4,5)13(16)20)12-10(7)11(15)17-9(3)18-12/h6H2,1-5H3,(H2,16,20)(H2,15,17,18). The molecule has 4 N–H and O–H groups in total. The number of nitrogens with two attached hydrogens (primary N) is 2. The van der Waals surface area contributed by atoms with Crippen LogP contribution in [0.1, 0.15) is 30.9 Å². The highest BCUT2D eigenvalue weighted by Crippen LogP contribution is 2.30. The molecule has 0 aromatic carbocycles. The second-order valence-corrected chi connectivity index (χ2v) is 5.90. The molecule has 108 valence electrons. The van der Waals surface area contributed by atoms with Crippen molar-refractivity contribution in [1.29, 1.82) is 0 Å². The molecule has 2 heterocycles. The first-order chi connectivity index (χ1) is 9.15. The Balaban J connectivity index is 2.71. The van der Waals surface area contributed by atoms with E-state index < -0.39 is 5.41 Å². The molecule has 1 amide bonds. The molecule has 0 aliphatic heterocycles. The fourth-order valence-electron chi connectivity index (χ4n) is 2.34. The zero-order chi connectivity index (χ0) is 15.2. The van der Waals surface area contributed by atoms with Gasteiger partial charge in [-0.2, -0.15) is 0 Å². The number of aryl methyl sites for hydroxylation is 2. The van der Waals surface area contributed by atoms with E-state index in [2.05, 4.69) is 9.97 Å². The van der Waals surface area contributed by atoms with Gasteiger partial charge >= 0.3 is 0 Å². The number of aromatic nitrogens is 3. The maximum atomic E-state index is 11.6. The van der Waals surface area contributed by atoms with Crippen molar-refractivity contribution in [3.05, 3.63) is 17.1 Å². The minimum Gasteiger partial charge on any atom is -0.383 e. The number of hydrogen-bond acceptors (Lipinski definition) is 4. The van der Waals surface area contributed by atoms with Gasteiger partial charge in [0.1, 0.15) is 17.3 Å².